The Balaban J connectivity index is 2.27. The number of aryl methyl sites for hydroxylation is 2. The van der Waals surface area contributed by atoms with Gasteiger partial charge < -0.3 is 5.32 Å². The fourth-order valence-electron chi connectivity index (χ4n) is 1.61. The molecule has 0 unspecified atom stereocenters. The Hall–Kier alpha value is -2.61. The maximum Gasteiger partial charge on any atom is 0.273 e. The number of nitriles is 1. The van der Waals surface area contributed by atoms with Gasteiger partial charge in [-0.3, -0.25) is 9.48 Å². The molecule has 1 N–H and O–H groups in total. The van der Waals surface area contributed by atoms with Crippen LogP contribution in [0.5, 0.6) is 0 Å². The second-order valence-electron chi connectivity index (χ2n) is 3.94. The number of carbonyl (C=O) groups is 1. The van der Waals surface area contributed by atoms with E-state index in [0.717, 1.165) is 5.56 Å². The molecule has 0 atom stereocenters. The molecule has 1 aromatic heterocycles. The summed E-state index contributed by atoms with van der Waals surface area (Å²) in [6.45, 7) is 1.88. The van der Waals surface area contributed by atoms with Crippen molar-refractivity contribution in [1.82, 2.24) is 9.78 Å². The van der Waals surface area contributed by atoms with Gasteiger partial charge in [-0.25, -0.2) is 0 Å². The van der Waals surface area contributed by atoms with Crippen LogP contribution in [0, 0.1) is 18.3 Å². The Morgan fingerprint density at radius 2 is 2.22 bits per heavy atom. The minimum atomic E-state index is -0.242. The van der Waals surface area contributed by atoms with Gasteiger partial charge in [-0.15, -0.1) is 0 Å². The molecular weight excluding hydrogens is 228 g/mol. The molecule has 0 saturated heterocycles. The van der Waals surface area contributed by atoms with Crippen molar-refractivity contribution in [2.24, 2.45) is 7.05 Å². The Kier molecular flexibility index (Phi) is 3.11. The third-order valence-electron chi connectivity index (χ3n) is 2.67. The van der Waals surface area contributed by atoms with E-state index in [9.17, 15) is 4.79 Å². The van der Waals surface area contributed by atoms with Crippen LogP contribution >= 0.6 is 0 Å². The van der Waals surface area contributed by atoms with Gasteiger partial charge in [0, 0.05) is 18.9 Å². The molecule has 18 heavy (non-hydrogen) atoms. The van der Waals surface area contributed by atoms with Crippen molar-refractivity contribution in [1.29, 1.82) is 5.26 Å². The Morgan fingerprint density at radius 3 is 2.83 bits per heavy atom. The molecule has 5 heteroatoms. The molecule has 2 aromatic rings. The summed E-state index contributed by atoms with van der Waals surface area (Å²) in [4.78, 5) is 12.0. The van der Waals surface area contributed by atoms with Crippen LogP contribution in [0.15, 0.2) is 30.5 Å². The lowest BCUT2D eigenvalue weighted by molar-refractivity contribution is 0.101. The van der Waals surface area contributed by atoms with E-state index in [4.69, 9.17) is 5.26 Å². The summed E-state index contributed by atoms with van der Waals surface area (Å²) in [6, 6.07) is 8.86. The maximum atomic E-state index is 12.0. The third-order valence-corrected chi connectivity index (χ3v) is 2.67. The standard InChI is InChI=1S/C13H12N4O/c1-9-3-4-10(8-14)7-11(9)16-13(18)12-5-6-15-17(12)2/h3-7H,1-2H3,(H,16,18). The normalized spacial score (nSPS) is 9.83. The first kappa shape index (κ1) is 11.9. The molecule has 0 saturated carbocycles. The Bertz CT molecular complexity index is 637. The lowest BCUT2D eigenvalue weighted by Gasteiger charge is -2.08. The molecule has 0 aliphatic rings. The average Bonchev–Trinajstić information content (AvgIpc) is 2.78. The van der Waals surface area contributed by atoms with E-state index in [0.29, 0.717) is 16.9 Å². The topological polar surface area (TPSA) is 70.7 Å². The predicted molar refractivity (Wildman–Crippen MR) is 67.1 cm³/mol. The van der Waals surface area contributed by atoms with Gasteiger partial charge in [-0.2, -0.15) is 10.4 Å². The number of rotatable bonds is 2. The number of amides is 1. The minimum absolute atomic E-state index is 0.242. The first-order chi connectivity index (χ1) is 8.61. The van der Waals surface area contributed by atoms with Crippen LogP contribution in [0.2, 0.25) is 0 Å². The number of hydrogen-bond acceptors (Lipinski definition) is 3. The largest absolute Gasteiger partial charge is 0.320 e. The van der Waals surface area contributed by atoms with Crippen LogP contribution < -0.4 is 5.32 Å². The second-order valence-corrected chi connectivity index (χ2v) is 3.94. The van der Waals surface area contributed by atoms with Crippen LogP contribution in [-0.4, -0.2) is 15.7 Å². The minimum Gasteiger partial charge on any atom is -0.320 e. The lowest BCUT2D eigenvalue weighted by Crippen LogP contribution is -2.16. The molecule has 90 valence electrons. The van der Waals surface area contributed by atoms with Crippen LogP contribution in [0.1, 0.15) is 21.6 Å². The number of aromatic nitrogens is 2. The summed E-state index contributed by atoms with van der Waals surface area (Å²) in [7, 11) is 1.70. The zero-order chi connectivity index (χ0) is 13.1. The summed E-state index contributed by atoms with van der Waals surface area (Å²) in [5, 5.41) is 15.6. The highest BCUT2D eigenvalue weighted by Gasteiger charge is 2.11. The first-order valence-corrected chi connectivity index (χ1v) is 5.42. The molecule has 1 aromatic carbocycles. The molecule has 0 aliphatic carbocycles. The monoisotopic (exact) mass is 240 g/mol. The molecular formula is C13H12N4O. The van der Waals surface area contributed by atoms with Crippen molar-refractivity contribution in [2.75, 3.05) is 5.32 Å². The van der Waals surface area contributed by atoms with Gasteiger partial charge in [-0.1, -0.05) is 6.07 Å². The summed E-state index contributed by atoms with van der Waals surface area (Å²) < 4.78 is 1.50. The summed E-state index contributed by atoms with van der Waals surface area (Å²) >= 11 is 0. The highest BCUT2D eigenvalue weighted by molar-refractivity contribution is 6.03. The number of benzene rings is 1. The van der Waals surface area contributed by atoms with Crippen LogP contribution in [-0.2, 0) is 7.05 Å². The summed E-state index contributed by atoms with van der Waals surface area (Å²) in [5.41, 5.74) is 2.53. The lowest BCUT2D eigenvalue weighted by atomic mass is 10.1. The first-order valence-electron chi connectivity index (χ1n) is 5.42. The average molecular weight is 240 g/mol. The Morgan fingerprint density at radius 1 is 1.44 bits per heavy atom. The second kappa shape index (κ2) is 4.72. The van der Waals surface area contributed by atoms with Gasteiger partial charge in [0.25, 0.3) is 5.91 Å². The van der Waals surface area contributed by atoms with Crippen molar-refractivity contribution in [3.05, 3.63) is 47.3 Å². The van der Waals surface area contributed by atoms with E-state index in [-0.39, 0.29) is 5.91 Å². The van der Waals surface area contributed by atoms with E-state index in [2.05, 4.69) is 10.4 Å². The van der Waals surface area contributed by atoms with Crippen LogP contribution in [0.25, 0.3) is 0 Å². The van der Waals surface area contributed by atoms with Gasteiger partial charge >= 0.3 is 0 Å². The van der Waals surface area contributed by atoms with E-state index >= 15 is 0 Å². The quantitative estimate of drug-likeness (QED) is 0.870. The van der Waals surface area contributed by atoms with Crippen LogP contribution in [0.4, 0.5) is 5.69 Å². The highest BCUT2D eigenvalue weighted by Crippen LogP contribution is 2.17. The molecule has 0 fully saturated rings. The molecule has 0 radical (unpaired) electrons. The fourth-order valence-corrected chi connectivity index (χ4v) is 1.61. The molecule has 0 spiro atoms. The molecule has 0 aliphatic heterocycles. The van der Waals surface area contributed by atoms with Gasteiger partial charge in [0.1, 0.15) is 5.69 Å². The van der Waals surface area contributed by atoms with E-state index in [1.807, 2.05) is 13.0 Å². The van der Waals surface area contributed by atoms with E-state index < -0.39 is 0 Å². The van der Waals surface area contributed by atoms with Crippen molar-refractivity contribution in [3.63, 3.8) is 0 Å². The summed E-state index contributed by atoms with van der Waals surface area (Å²) in [5.74, 6) is -0.242. The molecule has 2 rings (SSSR count). The van der Waals surface area contributed by atoms with Crippen molar-refractivity contribution < 1.29 is 4.79 Å². The SMILES string of the molecule is Cc1ccc(C#N)cc1NC(=O)c1ccnn1C. The third kappa shape index (κ3) is 2.23. The maximum absolute atomic E-state index is 12.0. The molecule has 1 amide bonds. The summed E-state index contributed by atoms with van der Waals surface area (Å²) in [6.07, 6.45) is 1.56. The smallest absolute Gasteiger partial charge is 0.273 e. The number of carbonyl (C=O) groups excluding carboxylic acids is 1. The highest BCUT2D eigenvalue weighted by atomic mass is 16.2. The van der Waals surface area contributed by atoms with Crippen molar-refractivity contribution in [2.45, 2.75) is 6.92 Å². The Labute approximate surface area is 105 Å². The van der Waals surface area contributed by atoms with Gasteiger partial charge in [0.15, 0.2) is 0 Å². The van der Waals surface area contributed by atoms with Gasteiger partial charge in [-0.05, 0) is 30.7 Å². The number of nitrogens with zero attached hydrogens (tertiary/aromatic N) is 3. The van der Waals surface area contributed by atoms with Crippen molar-refractivity contribution in [3.8, 4) is 6.07 Å². The van der Waals surface area contributed by atoms with Crippen molar-refractivity contribution >= 4 is 11.6 Å². The van der Waals surface area contributed by atoms with E-state index in [1.165, 1.54) is 4.68 Å². The fraction of sp³-hybridized carbons (Fsp3) is 0.154. The van der Waals surface area contributed by atoms with E-state index in [1.54, 1.807) is 37.5 Å². The number of nitrogens with one attached hydrogen (secondary N) is 1. The zero-order valence-electron chi connectivity index (χ0n) is 10.1. The van der Waals surface area contributed by atoms with Gasteiger partial charge in [0.2, 0.25) is 0 Å². The molecule has 0 bridgehead atoms. The number of hydrogen-bond donors (Lipinski definition) is 1. The molecule has 5 nitrogen and oxygen atoms in total. The molecule has 1 heterocycles. The van der Waals surface area contributed by atoms with Crippen LogP contribution in [0.3, 0.4) is 0 Å². The predicted octanol–water partition coefficient (Wildman–Crippen LogP) is 1.85. The number of anilines is 1. The zero-order valence-corrected chi connectivity index (χ0v) is 10.1. The van der Waals surface area contributed by atoms with Gasteiger partial charge in [0.05, 0.1) is 11.6 Å².